The van der Waals surface area contributed by atoms with Crippen molar-refractivity contribution in [2.75, 3.05) is 19.6 Å². The fourth-order valence-corrected chi connectivity index (χ4v) is 8.27. The Hall–Kier alpha value is -3.07. The molecule has 230 valence electrons. The normalized spacial score (nSPS) is 18.4. The molecule has 2 atom stereocenters. The van der Waals surface area contributed by atoms with Crippen molar-refractivity contribution in [1.29, 1.82) is 0 Å². The molecule has 3 aromatic rings. The highest BCUT2D eigenvalue weighted by atomic mass is 32.2. The van der Waals surface area contributed by atoms with Crippen LogP contribution in [-0.4, -0.2) is 43.2 Å². The van der Waals surface area contributed by atoms with Crippen molar-refractivity contribution in [3.8, 4) is 0 Å². The van der Waals surface area contributed by atoms with Crippen molar-refractivity contribution in [3.05, 3.63) is 101 Å². The van der Waals surface area contributed by atoms with E-state index in [1.165, 1.54) is 46.8 Å². The first-order valence-corrected chi connectivity index (χ1v) is 17.1. The SMILES string of the molecule is CC(C)CN(C(CC(=O)NC1CCCc2cc(CN3CCCCC3)ccc21)c1ccc(F)cc1)S(=O)(=O)c1ccccc1. The Morgan fingerprint density at radius 1 is 0.977 bits per heavy atom. The standard InChI is InChI=1S/C35H44FN3O3S/c1-26(2)24-39(43(41,42)31-11-5-3-6-12-31)34(28-15-17-30(36)18-16-28)23-35(40)37-33-13-9-10-29-22-27(14-19-32(29)33)25-38-20-7-4-8-21-38/h3,5-6,11-12,14-19,22,26,33-34H,4,7-10,13,20-21,23-25H2,1-2H3,(H,37,40). The summed E-state index contributed by atoms with van der Waals surface area (Å²) >= 11 is 0. The summed E-state index contributed by atoms with van der Waals surface area (Å²) in [5.41, 5.74) is 4.34. The van der Waals surface area contributed by atoms with Gasteiger partial charge in [0, 0.05) is 19.5 Å². The predicted octanol–water partition coefficient (Wildman–Crippen LogP) is 6.78. The summed E-state index contributed by atoms with van der Waals surface area (Å²) < 4.78 is 43.3. The number of carbonyl (C=O) groups excluding carboxylic acids is 1. The number of likely N-dealkylation sites (tertiary alicyclic amines) is 1. The number of amides is 1. The molecule has 0 aromatic heterocycles. The van der Waals surface area contributed by atoms with Crippen molar-refractivity contribution in [2.24, 2.45) is 5.92 Å². The van der Waals surface area contributed by atoms with Crippen LogP contribution in [0.2, 0.25) is 0 Å². The summed E-state index contributed by atoms with van der Waals surface area (Å²) in [6, 6.07) is 19.9. The summed E-state index contributed by atoms with van der Waals surface area (Å²) in [5.74, 6) is -0.623. The molecule has 0 bridgehead atoms. The Kier molecular flexibility index (Phi) is 10.3. The van der Waals surface area contributed by atoms with Gasteiger partial charge in [0.25, 0.3) is 0 Å². The van der Waals surface area contributed by atoms with Crippen LogP contribution >= 0.6 is 0 Å². The average molecular weight is 606 g/mol. The number of benzene rings is 3. The van der Waals surface area contributed by atoms with Gasteiger partial charge in [0.1, 0.15) is 5.82 Å². The first-order valence-electron chi connectivity index (χ1n) is 15.7. The van der Waals surface area contributed by atoms with Gasteiger partial charge in [0.05, 0.1) is 17.0 Å². The molecule has 0 radical (unpaired) electrons. The van der Waals surface area contributed by atoms with Crippen LogP contribution in [0, 0.1) is 11.7 Å². The molecule has 5 rings (SSSR count). The molecule has 1 heterocycles. The van der Waals surface area contributed by atoms with Crippen molar-refractivity contribution in [2.45, 2.75) is 82.3 Å². The van der Waals surface area contributed by atoms with Crippen LogP contribution in [0.25, 0.3) is 0 Å². The Bertz CT molecular complexity index is 1470. The number of piperidine rings is 1. The summed E-state index contributed by atoms with van der Waals surface area (Å²) in [4.78, 5) is 16.4. The first kappa shape index (κ1) is 31.4. The number of aryl methyl sites for hydroxylation is 1. The van der Waals surface area contributed by atoms with Gasteiger partial charge in [0.15, 0.2) is 0 Å². The number of hydrogen-bond acceptors (Lipinski definition) is 4. The van der Waals surface area contributed by atoms with Crippen LogP contribution in [0.15, 0.2) is 77.7 Å². The van der Waals surface area contributed by atoms with Gasteiger partial charge >= 0.3 is 0 Å². The smallest absolute Gasteiger partial charge is 0.243 e. The Labute approximate surface area is 256 Å². The van der Waals surface area contributed by atoms with E-state index in [0.717, 1.165) is 44.5 Å². The van der Waals surface area contributed by atoms with E-state index in [-0.39, 0.29) is 35.7 Å². The zero-order valence-corrected chi connectivity index (χ0v) is 26.2. The number of carbonyl (C=O) groups is 1. The van der Waals surface area contributed by atoms with Gasteiger partial charge in [-0.05, 0) is 97.6 Å². The van der Waals surface area contributed by atoms with Crippen LogP contribution in [0.5, 0.6) is 0 Å². The van der Waals surface area contributed by atoms with Gasteiger partial charge < -0.3 is 5.32 Å². The summed E-state index contributed by atoms with van der Waals surface area (Å²) in [6.07, 6.45) is 6.59. The first-order chi connectivity index (χ1) is 20.7. The summed E-state index contributed by atoms with van der Waals surface area (Å²) in [7, 11) is -3.94. The fraction of sp³-hybridized carbons (Fsp3) is 0.457. The third-order valence-electron chi connectivity index (χ3n) is 8.59. The van der Waals surface area contributed by atoms with Crippen LogP contribution in [0.1, 0.15) is 86.7 Å². The van der Waals surface area contributed by atoms with Gasteiger partial charge in [-0.15, -0.1) is 0 Å². The molecule has 0 spiro atoms. The van der Waals surface area contributed by atoms with E-state index >= 15 is 0 Å². The minimum Gasteiger partial charge on any atom is -0.349 e. The third kappa shape index (κ3) is 7.91. The van der Waals surface area contributed by atoms with E-state index in [1.54, 1.807) is 42.5 Å². The highest BCUT2D eigenvalue weighted by Crippen LogP contribution is 2.34. The molecule has 6 nitrogen and oxygen atoms in total. The Balaban J connectivity index is 1.38. The Morgan fingerprint density at radius 3 is 2.40 bits per heavy atom. The van der Waals surface area contributed by atoms with E-state index in [0.29, 0.717) is 5.56 Å². The molecular weight excluding hydrogens is 561 g/mol. The minimum atomic E-state index is -3.94. The molecule has 1 saturated heterocycles. The molecule has 1 N–H and O–H groups in total. The van der Waals surface area contributed by atoms with Crippen molar-refractivity contribution < 1.29 is 17.6 Å². The second-order valence-corrected chi connectivity index (χ2v) is 14.3. The number of sulfonamides is 1. The van der Waals surface area contributed by atoms with Gasteiger partial charge in [-0.2, -0.15) is 4.31 Å². The van der Waals surface area contributed by atoms with E-state index in [2.05, 4.69) is 28.4 Å². The molecule has 3 aromatic carbocycles. The minimum absolute atomic E-state index is 0.00820. The quantitative estimate of drug-likeness (QED) is 0.262. The van der Waals surface area contributed by atoms with E-state index in [1.807, 2.05) is 13.8 Å². The monoisotopic (exact) mass is 605 g/mol. The van der Waals surface area contributed by atoms with Crippen LogP contribution in [0.4, 0.5) is 4.39 Å². The van der Waals surface area contributed by atoms with Crippen molar-refractivity contribution in [1.82, 2.24) is 14.5 Å². The van der Waals surface area contributed by atoms with Crippen LogP contribution in [-0.2, 0) is 27.8 Å². The van der Waals surface area contributed by atoms with Crippen LogP contribution < -0.4 is 5.32 Å². The number of halogens is 1. The molecule has 1 amide bonds. The zero-order valence-electron chi connectivity index (χ0n) is 25.3. The molecule has 1 fully saturated rings. The van der Waals surface area contributed by atoms with Crippen LogP contribution in [0.3, 0.4) is 0 Å². The maximum absolute atomic E-state index is 14.0. The lowest BCUT2D eigenvalue weighted by atomic mass is 9.86. The number of nitrogens with one attached hydrogen (secondary N) is 1. The third-order valence-corrected chi connectivity index (χ3v) is 10.5. The number of fused-ring (bicyclic) bond motifs is 1. The number of nitrogens with zero attached hydrogens (tertiary/aromatic N) is 2. The number of rotatable bonds is 11. The molecule has 43 heavy (non-hydrogen) atoms. The fourth-order valence-electron chi connectivity index (χ4n) is 6.47. The van der Waals surface area contributed by atoms with Gasteiger partial charge in [-0.1, -0.05) is 68.8 Å². The lowest BCUT2D eigenvalue weighted by Crippen LogP contribution is -2.41. The summed E-state index contributed by atoms with van der Waals surface area (Å²) in [6.45, 7) is 7.39. The second-order valence-electron chi connectivity index (χ2n) is 12.4. The molecule has 8 heteroatoms. The maximum Gasteiger partial charge on any atom is 0.243 e. The molecule has 0 saturated carbocycles. The molecule has 2 unspecified atom stereocenters. The molecular formula is C35H44FN3O3S. The van der Waals surface area contributed by atoms with E-state index in [9.17, 15) is 17.6 Å². The maximum atomic E-state index is 14.0. The summed E-state index contributed by atoms with van der Waals surface area (Å²) in [5, 5.41) is 3.24. The Morgan fingerprint density at radius 2 is 1.70 bits per heavy atom. The van der Waals surface area contributed by atoms with Crippen molar-refractivity contribution in [3.63, 3.8) is 0 Å². The largest absolute Gasteiger partial charge is 0.349 e. The van der Waals surface area contributed by atoms with Gasteiger partial charge in [-0.25, -0.2) is 12.8 Å². The lowest BCUT2D eigenvalue weighted by molar-refractivity contribution is -0.122. The highest BCUT2D eigenvalue weighted by molar-refractivity contribution is 7.89. The van der Waals surface area contributed by atoms with E-state index in [4.69, 9.17) is 0 Å². The van der Waals surface area contributed by atoms with Gasteiger partial charge in [-0.3, -0.25) is 9.69 Å². The molecule has 1 aliphatic carbocycles. The van der Waals surface area contributed by atoms with Crippen molar-refractivity contribution >= 4 is 15.9 Å². The number of hydrogen-bond donors (Lipinski definition) is 1. The second kappa shape index (κ2) is 14.1. The predicted molar refractivity (Wildman–Crippen MR) is 168 cm³/mol. The average Bonchev–Trinajstić information content (AvgIpc) is 3.00. The molecule has 1 aliphatic heterocycles. The van der Waals surface area contributed by atoms with Gasteiger partial charge in [0.2, 0.25) is 15.9 Å². The molecule has 2 aliphatic rings. The lowest BCUT2D eigenvalue weighted by Gasteiger charge is -2.33. The van der Waals surface area contributed by atoms with E-state index < -0.39 is 21.9 Å². The highest BCUT2D eigenvalue weighted by Gasteiger charge is 2.35. The zero-order chi connectivity index (χ0) is 30.4. The topological polar surface area (TPSA) is 69.7 Å².